The fraction of sp³-hybridized carbons (Fsp3) is 0.333. The van der Waals surface area contributed by atoms with Gasteiger partial charge in [-0.05, 0) is 28.8 Å². The molecule has 7 heteroatoms. The van der Waals surface area contributed by atoms with E-state index >= 15 is 0 Å². The molecule has 7 nitrogen and oxygen atoms in total. The minimum Gasteiger partial charge on any atom is -0.493 e. The Morgan fingerprint density at radius 1 is 1.00 bits per heavy atom. The lowest BCUT2D eigenvalue weighted by Gasteiger charge is -2.16. The predicted octanol–water partition coefficient (Wildman–Crippen LogP) is 1.64. The van der Waals surface area contributed by atoms with Crippen molar-refractivity contribution in [3.05, 3.63) is 59.2 Å². The first-order chi connectivity index (χ1) is 13.6. The van der Waals surface area contributed by atoms with Crippen LogP contribution in [-0.2, 0) is 33.7 Å². The highest BCUT2D eigenvalue weighted by molar-refractivity contribution is 5.79. The Hall–Kier alpha value is -3.06. The lowest BCUT2D eigenvalue weighted by Crippen LogP contribution is -2.25. The van der Waals surface area contributed by atoms with E-state index in [9.17, 15) is 9.59 Å². The molecule has 0 atom stereocenters. The van der Waals surface area contributed by atoms with Gasteiger partial charge < -0.3 is 24.6 Å². The number of aliphatic hydroxyl groups excluding tert-OH is 1. The Morgan fingerprint density at radius 2 is 1.71 bits per heavy atom. The van der Waals surface area contributed by atoms with Crippen molar-refractivity contribution in [3.8, 4) is 11.5 Å². The highest BCUT2D eigenvalue weighted by atomic mass is 16.5. The van der Waals surface area contributed by atoms with E-state index in [0.717, 1.165) is 5.56 Å². The Morgan fingerprint density at radius 3 is 2.36 bits per heavy atom. The third-order valence-corrected chi connectivity index (χ3v) is 4.08. The van der Waals surface area contributed by atoms with Crippen molar-refractivity contribution in [2.24, 2.45) is 0 Å². The number of hydrogen-bond acceptors (Lipinski definition) is 6. The van der Waals surface area contributed by atoms with Crippen molar-refractivity contribution in [1.82, 2.24) is 5.32 Å². The molecule has 0 bridgehead atoms. The van der Waals surface area contributed by atoms with Crippen LogP contribution in [0.4, 0.5) is 0 Å². The third-order valence-electron chi connectivity index (χ3n) is 4.08. The van der Waals surface area contributed by atoms with E-state index in [1.165, 1.54) is 14.2 Å². The minimum absolute atomic E-state index is 0.0387. The summed E-state index contributed by atoms with van der Waals surface area (Å²) in [6.07, 6.45) is 0.300. The van der Waals surface area contributed by atoms with Crippen LogP contribution in [0.5, 0.6) is 11.5 Å². The van der Waals surface area contributed by atoms with E-state index in [-0.39, 0.29) is 38.5 Å². The summed E-state index contributed by atoms with van der Waals surface area (Å²) >= 11 is 0. The van der Waals surface area contributed by atoms with Crippen LogP contribution in [0, 0.1) is 0 Å². The van der Waals surface area contributed by atoms with Gasteiger partial charge in [0.15, 0.2) is 11.5 Å². The van der Waals surface area contributed by atoms with Crippen LogP contribution < -0.4 is 14.8 Å². The van der Waals surface area contributed by atoms with Gasteiger partial charge in [0.2, 0.25) is 5.91 Å². The zero-order valence-electron chi connectivity index (χ0n) is 16.1. The number of carbonyl (C=O) groups is 2. The lowest BCUT2D eigenvalue weighted by molar-refractivity contribution is -0.139. The van der Waals surface area contributed by atoms with Gasteiger partial charge in [-0.3, -0.25) is 9.59 Å². The van der Waals surface area contributed by atoms with Crippen molar-refractivity contribution >= 4 is 11.9 Å². The van der Waals surface area contributed by atoms with Crippen LogP contribution in [0.2, 0.25) is 0 Å². The van der Waals surface area contributed by atoms with Gasteiger partial charge in [0.25, 0.3) is 0 Å². The molecule has 2 N–H and O–H groups in total. The number of methoxy groups -OCH3 is 2. The van der Waals surface area contributed by atoms with Crippen molar-refractivity contribution in [2.45, 2.75) is 19.4 Å². The van der Waals surface area contributed by atoms with Crippen molar-refractivity contribution in [3.63, 3.8) is 0 Å². The molecule has 0 aliphatic carbocycles. The number of carbonyl (C=O) groups excluding carboxylic acids is 2. The number of hydrogen-bond donors (Lipinski definition) is 2. The summed E-state index contributed by atoms with van der Waals surface area (Å²) in [5.41, 5.74) is 2.29. The fourth-order valence-electron chi connectivity index (χ4n) is 2.67. The molecule has 0 fully saturated rings. The number of aliphatic hydroxyl groups is 1. The quantitative estimate of drug-likeness (QED) is 0.602. The van der Waals surface area contributed by atoms with Crippen LogP contribution in [0.15, 0.2) is 42.5 Å². The Labute approximate surface area is 164 Å². The number of esters is 1. The Kier molecular flexibility index (Phi) is 8.30. The lowest BCUT2D eigenvalue weighted by atomic mass is 10.0. The maximum atomic E-state index is 12.3. The van der Waals surface area contributed by atoms with Crippen LogP contribution >= 0.6 is 0 Å². The molecule has 150 valence electrons. The highest BCUT2D eigenvalue weighted by Gasteiger charge is 2.15. The zero-order chi connectivity index (χ0) is 20.4. The average molecular weight is 387 g/mol. The topological polar surface area (TPSA) is 94.1 Å². The van der Waals surface area contributed by atoms with E-state index in [2.05, 4.69) is 5.32 Å². The Balaban J connectivity index is 2.18. The van der Waals surface area contributed by atoms with Gasteiger partial charge >= 0.3 is 5.97 Å². The van der Waals surface area contributed by atoms with E-state index < -0.39 is 5.97 Å². The molecule has 2 aromatic rings. The van der Waals surface area contributed by atoms with E-state index in [0.29, 0.717) is 22.6 Å². The first-order valence-corrected chi connectivity index (χ1v) is 8.88. The van der Waals surface area contributed by atoms with Crippen LogP contribution in [0.25, 0.3) is 0 Å². The third kappa shape index (κ3) is 6.28. The molecule has 0 aromatic heterocycles. The van der Waals surface area contributed by atoms with Gasteiger partial charge in [-0.15, -0.1) is 0 Å². The number of benzene rings is 2. The molecule has 0 aliphatic heterocycles. The molecule has 0 radical (unpaired) electrons. The fourth-order valence-corrected chi connectivity index (χ4v) is 2.67. The summed E-state index contributed by atoms with van der Waals surface area (Å²) in [6, 6.07) is 12.8. The molecule has 28 heavy (non-hydrogen) atoms. The molecule has 2 aromatic carbocycles. The number of nitrogens with one attached hydrogen (secondary N) is 1. The standard InChI is InChI=1S/C21H25NO6/c1-26-18-11-16(13-21(25)27-2)17(12-19(18)28-9-8-23)14-22-20(24)10-15-6-4-3-5-7-15/h3-7,11-12,23H,8-10,13-14H2,1-2H3,(H,22,24). The summed E-state index contributed by atoms with van der Waals surface area (Å²) in [5.74, 6) is 0.330. The molecule has 0 spiro atoms. The van der Waals surface area contributed by atoms with Gasteiger partial charge in [-0.1, -0.05) is 30.3 Å². The first-order valence-electron chi connectivity index (χ1n) is 8.88. The van der Waals surface area contributed by atoms with Gasteiger partial charge in [-0.25, -0.2) is 0 Å². The number of rotatable bonds is 10. The van der Waals surface area contributed by atoms with Gasteiger partial charge in [0.1, 0.15) is 6.61 Å². The minimum atomic E-state index is -0.400. The Bertz CT molecular complexity index is 791. The SMILES string of the molecule is COC(=O)Cc1cc(OC)c(OCCO)cc1CNC(=O)Cc1ccccc1. The second-order valence-corrected chi connectivity index (χ2v) is 6.04. The molecule has 1 amide bonds. The smallest absolute Gasteiger partial charge is 0.309 e. The molecular weight excluding hydrogens is 362 g/mol. The summed E-state index contributed by atoms with van der Waals surface area (Å²) in [5, 5.41) is 11.9. The molecular formula is C21H25NO6. The second-order valence-electron chi connectivity index (χ2n) is 6.04. The monoisotopic (exact) mass is 387 g/mol. The molecule has 0 saturated heterocycles. The highest BCUT2D eigenvalue weighted by Crippen LogP contribution is 2.31. The number of amides is 1. The van der Waals surface area contributed by atoms with E-state index in [1.807, 2.05) is 30.3 Å². The summed E-state index contributed by atoms with van der Waals surface area (Å²) in [7, 11) is 2.81. The molecule has 2 rings (SSSR count). The molecule has 0 unspecified atom stereocenters. The first kappa shape index (κ1) is 21.2. The van der Waals surface area contributed by atoms with Crippen LogP contribution in [-0.4, -0.2) is 44.4 Å². The van der Waals surface area contributed by atoms with Crippen molar-refractivity contribution in [2.75, 3.05) is 27.4 Å². The van der Waals surface area contributed by atoms with Crippen LogP contribution in [0.3, 0.4) is 0 Å². The summed E-state index contributed by atoms with van der Waals surface area (Å²) < 4.78 is 15.6. The van der Waals surface area contributed by atoms with Crippen molar-refractivity contribution < 1.29 is 28.9 Å². The van der Waals surface area contributed by atoms with E-state index in [4.69, 9.17) is 19.3 Å². The normalized spacial score (nSPS) is 10.2. The molecule has 0 aliphatic rings. The van der Waals surface area contributed by atoms with Gasteiger partial charge in [-0.2, -0.15) is 0 Å². The molecule has 0 heterocycles. The number of ether oxygens (including phenoxy) is 3. The summed E-state index contributed by atoms with van der Waals surface area (Å²) in [6.45, 7) is 0.181. The molecule has 0 saturated carbocycles. The zero-order valence-corrected chi connectivity index (χ0v) is 16.1. The van der Waals surface area contributed by atoms with Crippen LogP contribution in [0.1, 0.15) is 16.7 Å². The maximum Gasteiger partial charge on any atom is 0.309 e. The largest absolute Gasteiger partial charge is 0.493 e. The predicted molar refractivity (Wildman–Crippen MR) is 103 cm³/mol. The second kappa shape index (κ2) is 10.9. The van der Waals surface area contributed by atoms with E-state index in [1.54, 1.807) is 12.1 Å². The summed E-state index contributed by atoms with van der Waals surface area (Å²) in [4.78, 5) is 24.0. The van der Waals surface area contributed by atoms with Gasteiger partial charge in [0, 0.05) is 6.54 Å². The average Bonchev–Trinajstić information content (AvgIpc) is 2.71. The maximum absolute atomic E-state index is 12.3. The van der Waals surface area contributed by atoms with Gasteiger partial charge in [0.05, 0.1) is 33.7 Å². The van der Waals surface area contributed by atoms with Crippen molar-refractivity contribution in [1.29, 1.82) is 0 Å².